The Bertz CT molecular complexity index is 1010. The summed E-state index contributed by atoms with van der Waals surface area (Å²) in [5.74, 6) is 0.802. The Morgan fingerprint density at radius 3 is 2.69 bits per heavy atom. The van der Waals surface area contributed by atoms with Gasteiger partial charge in [0, 0.05) is 23.6 Å². The minimum absolute atomic E-state index is 0.662. The number of imidazole rings is 1. The summed E-state index contributed by atoms with van der Waals surface area (Å²) in [4.78, 5) is 4.74. The summed E-state index contributed by atoms with van der Waals surface area (Å²) in [6.07, 6.45) is 5.96. The molecule has 0 saturated carbocycles. The molecule has 26 heavy (non-hydrogen) atoms. The third-order valence-electron chi connectivity index (χ3n) is 4.34. The van der Waals surface area contributed by atoms with Crippen molar-refractivity contribution in [3.8, 4) is 17.0 Å². The molecule has 4 rings (SSSR count). The van der Waals surface area contributed by atoms with Gasteiger partial charge in [0.2, 0.25) is 0 Å². The number of anilines is 1. The maximum atomic E-state index is 6.01. The highest BCUT2D eigenvalue weighted by molar-refractivity contribution is 5.68. The van der Waals surface area contributed by atoms with E-state index >= 15 is 0 Å². The van der Waals surface area contributed by atoms with Gasteiger partial charge in [-0.25, -0.2) is 4.98 Å². The van der Waals surface area contributed by atoms with E-state index in [0.29, 0.717) is 6.61 Å². The Hall–Kier alpha value is -3.27. The average Bonchev–Trinajstić information content (AvgIpc) is 3.11. The Labute approximate surface area is 152 Å². The Kier molecular flexibility index (Phi) is 4.56. The maximum Gasteiger partial charge on any atom is 0.180 e. The SMILES string of the molecule is Nc1cccc(-c2cn3cccc(OCCCc4ccccc4)c3n2)c1. The van der Waals surface area contributed by atoms with E-state index < -0.39 is 0 Å². The smallest absolute Gasteiger partial charge is 0.180 e. The summed E-state index contributed by atoms with van der Waals surface area (Å²) < 4.78 is 8.00. The lowest BCUT2D eigenvalue weighted by Gasteiger charge is -2.07. The van der Waals surface area contributed by atoms with E-state index in [0.717, 1.165) is 41.2 Å². The summed E-state index contributed by atoms with van der Waals surface area (Å²) in [5, 5.41) is 0. The molecule has 0 fully saturated rings. The molecule has 2 heterocycles. The van der Waals surface area contributed by atoms with Gasteiger partial charge >= 0.3 is 0 Å². The molecule has 0 amide bonds. The van der Waals surface area contributed by atoms with Crippen molar-refractivity contribution in [2.45, 2.75) is 12.8 Å². The van der Waals surface area contributed by atoms with Crippen LogP contribution >= 0.6 is 0 Å². The molecule has 0 spiro atoms. The van der Waals surface area contributed by atoms with Crippen LogP contribution < -0.4 is 10.5 Å². The van der Waals surface area contributed by atoms with E-state index in [1.165, 1.54) is 5.56 Å². The lowest BCUT2D eigenvalue weighted by Crippen LogP contribution is -2.01. The first-order chi connectivity index (χ1) is 12.8. The summed E-state index contributed by atoms with van der Waals surface area (Å²) in [5.41, 5.74) is 10.7. The van der Waals surface area contributed by atoms with Gasteiger partial charge in [-0.3, -0.25) is 0 Å². The first-order valence-electron chi connectivity index (χ1n) is 8.80. The number of hydrogen-bond acceptors (Lipinski definition) is 3. The molecule has 0 aliphatic rings. The molecule has 0 atom stereocenters. The highest BCUT2D eigenvalue weighted by Gasteiger charge is 2.09. The van der Waals surface area contributed by atoms with Crippen LogP contribution in [0.15, 0.2) is 79.1 Å². The van der Waals surface area contributed by atoms with Crippen molar-refractivity contribution in [2.24, 2.45) is 0 Å². The van der Waals surface area contributed by atoms with Crippen LogP contribution in [-0.2, 0) is 6.42 Å². The molecule has 2 N–H and O–H groups in total. The molecule has 0 radical (unpaired) electrons. The van der Waals surface area contributed by atoms with Crippen LogP contribution in [0.4, 0.5) is 5.69 Å². The van der Waals surface area contributed by atoms with Crippen molar-refractivity contribution < 1.29 is 4.74 Å². The second-order valence-electron chi connectivity index (χ2n) is 6.29. The van der Waals surface area contributed by atoms with Gasteiger partial charge < -0.3 is 14.9 Å². The highest BCUT2D eigenvalue weighted by Crippen LogP contribution is 2.25. The second kappa shape index (κ2) is 7.31. The third-order valence-corrected chi connectivity index (χ3v) is 4.34. The van der Waals surface area contributed by atoms with E-state index in [-0.39, 0.29) is 0 Å². The second-order valence-corrected chi connectivity index (χ2v) is 6.29. The fraction of sp³-hybridized carbons (Fsp3) is 0.136. The van der Waals surface area contributed by atoms with Crippen LogP contribution in [-0.4, -0.2) is 16.0 Å². The minimum Gasteiger partial charge on any atom is -0.490 e. The number of ether oxygens (including phenoxy) is 1. The third kappa shape index (κ3) is 3.54. The number of fused-ring (bicyclic) bond motifs is 1. The lowest BCUT2D eigenvalue weighted by atomic mass is 10.1. The van der Waals surface area contributed by atoms with Crippen LogP contribution in [0.3, 0.4) is 0 Å². The number of nitrogens with zero attached hydrogens (tertiary/aromatic N) is 2. The van der Waals surface area contributed by atoms with Crippen molar-refractivity contribution in [1.82, 2.24) is 9.38 Å². The van der Waals surface area contributed by atoms with Crippen molar-refractivity contribution in [1.29, 1.82) is 0 Å². The fourth-order valence-electron chi connectivity index (χ4n) is 3.04. The molecule has 0 unspecified atom stereocenters. The molecular weight excluding hydrogens is 322 g/mol. The summed E-state index contributed by atoms with van der Waals surface area (Å²) in [7, 11) is 0. The molecule has 0 bridgehead atoms. The van der Waals surface area contributed by atoms with Gasteiger partial charge in [-0.2, -0.15) is 0 Å². The Morgan fingerprint density at radius 1 is 0.962 bits per heavy atom. The number of aryl methyl sites for hydroxylation is 1. The maximum absolute atomic E-state index is 6.01. The van der Waals surface area contributed by atoms with Crippen molar-refractivity contribution >= 4 is 11.3 Å². The summed E-state index contributed by atoms with van der Waals surface area (Å²) in [6, 6.07) is 22.2. The zero-order valence-corrected chi connectivity index (χ0v) is 14.5. The van der Waals surface area contributed by atoms with Crippen molar-refractivity contribution in [3.05, 3.63) is 84.7 Å². The number of hydrogen-bond donors (Lipinski definition) is 1. The molecule has 4 heteroatoms. The first-order valence-corrected chi connectivity index (χ1v) is 8.80. The Balaban J connectivity index is 1.49. The van der Waals surface area contributed by atoms with Gasteiger partial charge in [0.25, 0.3) is 0 Å². The predicted octanol–water partition coefficient (Wildman–Crippen LogP) is 4.60. The number of benzene rings is 2. The van der Waals surface area contributed by atoms with Gasteiger partial charge in [0.15, 0.2) is 11.4 Å². The molecule has 4 nitrogen and oxygen atoms in total. The van der Waals surface area contributed by atoms with Crippen LogP contribution in [0, 0.1) is 0 Å². The van der Waals surface area contributed by atoms with E-state index in [1.54, 1.807) is 0 Å². The Morgan fingerprint density at radius 2 is 1.85 bits per heavy atom. The topological polar surface area (TPSA) is 52.5 Å². The molecular formula is C22H21N3O. The normalized spacial score (nSPS) is 10.9. The molecule has 0 aliphatic heterocycles. The van der Waals surface area contributed by atoms with Crippen LogP contribution in [0.2, 0.25) is 0 Å². The molecule has 130 valence electrons. The molecule has 4 aromatic rings. The van der Waals surface area contributed by atoms with Gasteiger partial charge in [-0.1, -0.05) is 42.5 Å². The van der Waals surface area contributed by atoms with Crippen LogP contribution in [0.5, 0.6) is 5.75 Å². The minimum atomic E-state index is 0.662. The van der Waals surface area contributed by atoms with Gasteiger partial charge in [0.05, 0.1) is 12.3 Å². The molecule has 2 aromatic heterocycles. The summed E-state index contributed by atoms with van der Waals surface area (Å²) in [6.45, 7) is 0.662. The average molecular weight is 343 g/mol. The number of nitrogens with two attached hydrogens (primary N) is 1. The van der Waals surface area contributed by atoms with Crippen molar-refractivity contribution in [2.75, 3.05) is 12.3 Å². The number of aromatic nitrogens is 2. The first kappa shape index (κ1) is 16.2. The zero-order chi connectivity index (χ0) is 17.8. The van der Waals surface area contributed by atoms with E-state index in [2.05, 4.69) is 24.3 Å². The molecule has 0 aliphatic carbocycles. The largest absolute Gasteiger partial charge is 0.490 e. The van der Waals surface area contributed by atoms with Crippen molar-refractivity contribution in [3.63, 3.8) is 0 Å². The quantitative estimate of drug-likeness (QED) is 0.411. The van der Waals surface area contributed by atoms with Crippen LogP contribution in [0.25, 0.3) is 16.9 Å². The van der Waals surface area contributed by atoms with Gasteiger partial charge in [-0.05, 0) is 42.7 Å². The van der Waals surface area contributed by atoms with Gasteiger partial charge in [-0.15, -0.1) is 0 Å². The highest BCUT2D eigenvalue weighted by atomic mass is 16.5. The molecule has 0 saturated heterocycles. The monoisotopic (exact) mass is 343 g/mol. The predicted molar refractivity (Wildman–Crippen MR) is 105 cm³/mol. The lowest BCUT2D eigenvalue weighted by molar-refractivity contribution is 0.313. The van der Waals surface area contributed by atoms with E-state index in [1.807, 2.05) is 59.3 Å². The standard InChI is InChI=1S/C22H21N3O/c23-19-11-4-10-18(15-19)20-16-25-13-5-12-21(22(25)24-20)26-14-6-9-17-7-2-1-3-8-17/h1-5,7-8,10-13,15-16H,6,9,14,23H2. The number of pyridine rings is 1. The van der Waals surface area contributed by atoms with E-state index in [4.69, 9.17) is 15.5 Å². The molecule has 2 aromatic carbocycles. The number of nitrogen functional groups attached to an aromatic ring is 1. The summed E-state index contributed by atoms with van der Waals surface area (Å²) >= 11 is 0. The fourth-order valence-corrected chi connectivity index (χ4v) is 3.04. The zero-order valence-electron chi connectivity index (χ0n) is 14.5. The van der Waals surface area contributed by atoms with E-state index in [9.17, 15) is 0 Å². The number of rotatable bonds is 6. The van der Waals surface area contributed by atoms with Gasteiger partial charge in [0.1, 0.15) is 0 Å². The van der Waals surface area contributed by atoms with Crippen LogP contribution in [0.1, 0.15) is 12.0 Å².